The zero-order chi connectivity index (χ0) is 102. The lowest BCUT2D eigenvalue weighted by Crippen LogP contribution is -2.49. The summed E-state index contributed by atoms with van der Waals surface area (Å²) in [6.45, 7) is 10.3. The lowest BCUT2D eigenvalue weighted by molar-refractivity contribution is -0.202. The number of nitrogens with one attached hydrogen (secondary N) is 2. The maximum absolute atomic E-state index is 13.3. The number of imidazole rings is 2. The molecule has 2 amide bonds. The summed E-state index contributed by atoms with van der Waals surface area (Å²) in [5.74, 6) is 5.55. The van der Waals surface area contributed by atoms with Gasteiger partial charge in [-0.3, -0.25) is 47.0 Å². The van der Waals surface area contributed by atoms with Crippen molar-refractivity contribution in [2.24, 2.45) is 0 Å². The van der Waals surface area contributed by atoms with Gasteiger partial charge in [-0.15, -0.1) is 0 Å². The topological polar surface area (TPSA) is 314 Å². The van der Waals surface area contributed by atoms with Crippen molar-refractivity contribution in [3.05, 3.63) is 360 Å². The van der Waals surface area contributed by atoms with Gasteiger partial charge >= 0.3 is 0 Å². The molecule has 3 N–H and O–H groups in total. The number of methoxy groups -OCH3 is 4. The van der Waals surface area contributed by atoms with Crippen molar-refractivity contribution in [2.45, 2.75) is 111 Å². The Kier molecular flexibility index (Phi) is 35.2. The summed E-state index contributed by atoms with van der Waals surface area (Å²) in [7, 11) is 5.24. The van der Waals surface area contributed by atoms with Crippen LogP contribution in [0.2, 0.25) is 0 Å². The second-order valence-electron chi connectivity index (χ2n) is 36.7. The summed E-state index contributed by atoms with van der Waals surface area (Å²) in [5.41, 5.74) is 4.61. The smallest absolute Gasteiger partial charge is 0.256 e. The van der Waals surface area contributed by atoms with Crippen LogP contribution in [0.4, 0.5) is 11.6 Å². The summed E-state index contributed by atoms with van der Waals surface area (Å²) < 4.78 is 85.8. The first-order chi connectivity index (χ1) is 72.6. The van der Waals surface area contributed by atoms with Gasteiger partial charge in [-0.1, -0.05) is 241 Å². The van der Waals surface area contributed by atoms with Crippen LogP contribution in [0.15, 0.2) is 304 Å². The predicted molar refractivity (Wildman–Crippen MR) is 582 cm³/mol. The first-order valence-electron chi connectivity index (χ1n) is 49.9. The van der Waals surface area contributed by atoms with Crippen molar-refractivity contribution >= 4 is 119 Å². The van der Waals surface area contributed by atoms with Crippen LogP contribution in [0.5, 0.6) is 23.0 Å². The second-order valence-corrected chi connectivity index (χ2v) is 45.1. The summed E-state index contributed by atoms with van der Waals surface area (Å²) in [4.78, 5) is 77.8. The van der Waals surface area contributed by atoms with Gasteiger partial charge in [-0.25, -0.2) is 29.9 Å². The van der Waals surface area contributed by atoms with Crippen molar-refractivity contribution < 1.29 is 76.2 Å². The molecule has 0 aliphatic carbocycles. The van der Waals surface area contributed by atoms with Gasteiger partial charge in [0.25, 0.3) is 11.8 Å². The Labute approximate surface area is 881 Å². The number of carbonyl (C=O) groups excluding carboxylic acids is 4. The molecule has 8 saturated heterocycles. The van der Waals surface area contributed by atoms with Crippen molar-refractivity contribution in [1.82, 2.24) is 57.7 Å². The number of carbonyl (C=O) groups is 4. The van der Waals surface area contributed by atoms with Crippen LogP contribution < -0.4 is 29.6 Å². The third-order valence-corrected chi connectivity index (χ3v) is 36.9. The van der Waals surface area contributed by atoms with Gasteiger partial charge in [0.2, 0.25) is 10.2 Å². The van der Waals surface area contributed by atoms with E-state index in [4.69, 9.17) is 56.9 Å². The number of fused-ring (bicyclic) bond motifs is 6. The van der Waals surface area contributed by atoms with E-state index in [0.29, 0.717) is 73.5 Å². The van der Waals surface area contributed by atoms with E-state index >= 15 is 0 Å². The minimum Gasteiger partial charge on any atom is -0.497 e. The molecule has 8 aliphatic heterocycles. The van der Waals surface area contributed by atoms with Gasteiger partial charge in [0.15, 0.2) is 53.9 Å². The molecule has 8 aliphatic rings. The van der Waals surface area contributed by atoms with Crippen LogP contribution in [0, 0.1) is 0 Å². The molecule has 22 rings (SSSR count). The highest BCUT2D eigenvalue weighted by atomic mass is 32.7. The molecule has 1 unspecified atom stereocenters. The number of aliphatic hydroxyl groups is 1. The highest BCUT2D eigenvalue weighted by Gasteiger charge is 2.66. The maximum Gasteiger partial charge on any atom is 0.256 e. The van der Waals surface area contributed by atoms with E-state index in [2.05, 4.69) is 79.0 Å². The molecule has 4 bridgehead atoms. The largest absolute Gasteiger partial charge is 0.497 e. The van der Waals surface area contributed by atoms with Crippen molar-refractivity contribution in [3.8, 4) is 23.0 Å². The predicted octanol–water partition coefficient (Wildman–Crippen LogP) is 19.9. The molecule has 148 heavy (non-hydrogen) atoms. The number of rotatable bonds is 36. The average molecular weight is 2110 g/mol. The SMILES string of the molecule is C1CCN(P(N2CCCC2)N2CCCC2)C1.COc1ccc(C(OC[C@@]23CO[C@@H]([C@H](n4cnc5c(NC(=O)c6ccccc6)ncnc54)O2)[C@@H]3O)(c2ccccc2)c2ccc(OC)cc2)cc1.COc1ccc(C(OC[C@@]23CO[C@@H]([C@H](n4cnc5c(NC(=O)c6ccccc6)ncnc54)O2)[C@@H]3OP(SCCSC(=O)c2ccccc2)N2CCCC2)(c2ccccc2)c2ccc(OC)cc2)cc1.O=C(SCCS)c1ccccc1. The van der Waals surface area contributed by atoms with E-state index in [1.165, 1.54) is 114 Å². The van der Waals surface area contributed by atoms with Crippen LogP contribution >= 0.6 is 63.4 Å². The number of hydrogen-bond donors (Lipinski definition) is 4. The zero-order valence-electron chi connectivity index (χ0n) is 82.8. The monoisotopic (exact) mass is 2110 g/mol. The zero-order valence-corrected chi connectivity index (χ0v) is 87.9. The minimum atomic E-state index is -1.25. The normalized spacial score (nSPS) is 20.9. The summed E-state index contributed by atoms with van der Waals surface area (Å²) in [6, 6.07) is 87.9. The third kappa shape index (κ3) is 23.2. The van der Waals surface area contributed by atoms with Crippen LogP contribution in [-0.2, 0) is 44.1 Å². The number of thiol groups is 1. The Morgan fingerprint density at radius 3 is 1.12 bits per heavy atom. The first-order valence-corrected chi connectivity index (χ1v) is 56.5. The summed E-state index contributed by atoms with van der Waals surface area (Å²) in [5, 5.41) is 17.7. The Bertz CT molecular complexity index is 6580. The van der Waals surface area contributed by atoms with E-state index in [1.807, 2.05) is 235 Å². The molecule has 30 nitrogen and oxygen atoms in total. The number of benzene rings is 10. The molecule has 9 atom stereocenters. The van der Waals surface area contributed by atoms with Gasteiger partial charge in [-0.05, 0) is 163 Å². The van der Waals surface area contributed by atoms with E-state index < -0.39 is 66.8 Å². The minimum absolute atomic E-state index is 0.0336. The van der Waals surface area contributed by atoms with Crippen LogP contribution in [0.1, 0.15) is 139 Å². The molecule has 14 aromatic rings. The molecule has 8 fully saturated rings. The Morgan fingerprint density at radius 1 is 0.405 bits per heavy atom. The standard InChI is InChI=1S/C52H51N6O8PS2.C39H35N5O7.C12H24N3P.C9H10OS2/c1-61-41-24-20-39(21-25-41)52(38-18-10-5-11-19-38,40-22-26-42(62-2)27-23-40)64-33-51-32-63-44(45(51)66-67(57-28-12-13-29-57)69-31-30-68-50(60)37-16-8-4-9-17-37)49(65-51)58-35-55-43-46(53-34-54-47(43)58)56-48(59)36-14-6-3-7-15-36;1-47-29-17-13-27(14-18-29)39(26-11-7-4-8-12-26,28-15-19-30(48-2)20-16-28)50-22-38-21-49-32(33(38)45)37(51-38)44-24-42-31-34(40-23-41-35(31)44)43-36(46)25-9-5-3-6-10-25;1-2-8-13(7-1)16(14-9-3-4-10-14)15-11-5-6-12-15;10-9(12-7-6-11)8-4-2-1-3-5-8/h3-11,14-27,34-35,44-45,49H,12-13,28-33H2,1-2H3,(H,53,54,56,59);3-20,23-24,32-33,37,45H,21-22H2,1-2H3,(H,40,41,43,46);1-12H2;1-5,11H,6-7H2/t44-,45+,49-,51-,67?;32-,33+,37-,38-;;/m11../s1. The van der Waals surface area contributed by atoms with Crippen molar-refractivity contribution in [1.29, 1.82) is 0 Å². The molecule has 4 aromatic heterocycles. The molecule has 10 aromatic carbocycles. The number of aromatic nitrogens is 8. The van der Waals surface area contributed by atoms with Crippen LogP contribution in [0.25, 0.3) is 22.3 Å². The fourth-order valence-electron chi connectivity index (χ4n) is 20.0. The number of ether oxygens (including phenoxy) is 10. The number of anilines is 2. The third-order valence-electron chi connectivity index (χ3n) is 27.6. The highest BCUT2D eigenvalue weighted by Crippen LogP contribution is 2.62. The number of hydrogen-bond acceptors (Lipinski definition) is 30. The molecule has 12 heterocycles. The van der Waals surface area contributed by atoms with Crippen molar-refractivity contribution in [2.75, 3.05) is 141 Å². The first kappa shape index (κ1) is 105. The Balaban J connectivity index is 0.000000150. The molecule has 768 valence electrons. The number of amides is 2. The molecular weight excluding hydrogens is 1990 g/mol. The van der Waals surface area contributed by atoms with Gasteiger partial charge in [-0.2, -0.15) is 12.6 Å². The molecule has 36 heteroatoms. The van der Waals surface area contributed by atoms with Gasteiger partial charge < -0.3 is 67.6 Å². The van der Waals surface area contributed by atoms with Gasteiger partial charge in [0.1, 0.15) is 90.8 Å². The molecular formula is C112H120N14O16P2S4. The van der Waals surface area contributed by atoms with E-state index in [-0.39, 0.29) is 68.5 Å². The lowest BCUT2D eigenvalue weighted by atomic mass is 9.79. The van der Waals surface area contributed by atoms with Crippen molar-refractivity contribution in [3.63, 3.8) is 0 Å². The molecule has 0 radical (unpaired) electrons. The van der Waals surface area contributed by atoms with E-state index in [0.717, 1.165) is 76.4 Å². The Morgan fingerprint density at radius 2 is 0.736 bits per heavy atom. The van der Waals surface area contributed by atoms with E-state index in [9.17, 15) is 24.3 Å². The fraction of sp³-hybridized carbons (Fsp3) is 0.339. The lowest BCUT2D eigenvalue weighted by Gasteiger charge is -2.40. The second kappa shape index (κ2) is 49.6. The highest BCUT2D eigenvalue weighted by molar-refractivity contribution is 8.53. The van der Waals surface area contributed by atoms with E-state index in [1.54, 1.807) is 93.4 Å². The van der Waals surface area contributed by atoms with Crippen LogP contribution in [-0.4, -0.2) is 251 Å². The van der Waals surface area contributed by atoms with Crippen LogP contribution in [0.3, 0.4) is 0 Å². The molecule has 0 spiro atoms. The summed E-state index contributed by atoms with van der Waals surface area (Å²) in [6.07, 6.45) is 12.1. The summed E-state index contributed by atoms with van der Waals surface area (Å²) >= 11 is 8.41. The average Bonchev–Trinajstić information content (AvgIpc) is 1.54. The van der Waals surface area contributed by atoms with Gasteiger partial charge in [0.05, 0.1) is 67.5 Å². The fourth-order valence-corrected chi connectivity index (χ4v) is 29.2. The number of aliphatic hydroxyl groups excluding tert-OH is 1. The number of nitrogens with zero attached hydrogens (tertiary/aromatic N) is 12. The van der Waals surface area contributed by atoms with Gasteiger partial charge in [0, 0.05) is 91.9 Å². The molecule has 0 saturated carbocycles. The number of thioether (sulfide) groups is 2. The maximum atomic E-state index is 13.3. The quantitative estimate of drug-likeness (QED) is 0.0123. The Hall–Kier alpha value is -11.4.